The van der Waals surface area contributed by atoms with Crippen LogP contribution in [0.15, 0.2) is 18.2 Å². The molecule has 0 radical (unpaired) electrons. The van der Waals surface area contributed by atoms with Crippen LogP contribution in [0.1, 0.15) is 57.9 Å². The van der Waals surface area contributed by atoms with E-state index >= 15 is 0 Å². The molecule has 8 heteroatoms. The molecule has 1 N–H and O–H groups in total. The largest absolute Gasteiger partial charge is 0.487 e. The molecule has 0 saturated carbocycles. The van der Waals surface area contributed by atoms with Crippen LogP contribution in [0.4, 0.5) is 9.18 Å². The minimum Gasteiger partial charge on any atom is -0.487 e. The first-order chi connectivity index (χ1) is 13.6. The van der Waals surface area contributed by atoms with E-state index in [0.29, 0.717) is 37.9 Å². The maximum absolute atomic E-state index is 14.5. The number of halogens is 1. The van der Waals surface area contributed by atoms with Crippen molar-refractivity contribution in [2.24, 2.45) is 0 Å². The number of nitrogens with one attached hydrogen (secondary N) is 1. The summed E-state index contributed by atoms with van der Waals surface area (Å²) in [5.74, 6) is -1.65. The van der Waals surface area contributed by atoms with Crippen molar-refractivity contribution in [2.45, 2.75) is 64.1 Å². The summed E-state index contributed by atoms with van der Waals surface area (Å²) in [6.07, 6.45) is 1.21. The SMILES string of the molecule is CC(C)(C)OC(=O)N1CCC(Oc2ccc(C3CCC(=O)NC3=O)cc2F)CC1. The number of carbonyl (C=O) groups is 3. The first-order valence-electron chi connectivity index (χ1n) is 9.90. The van der Waals surface area contributed by atoms with E-state index in [1.54, 1.807) is 11.0 Å². The van der Waals surface area contributed by atoms with Gasteiger partial charge in [-0.3, -0.25) is 14.9 Å². The monoisotopic (exact) mass is 406 g/mol. The van der Waals surface area contributed by atoms with Crippen molar-refractivity contribution in [1.82, 2.24) is 10.2 Å². The van der Waals surface area contributed by atoms with Crippen molar-refractivity contribution in [2.75, 3.05) is 13.1 Å². The topological polar surface area (TPSA) is 84.9 Å². The van der Waals surface area contributed by atoms with Crippen LogP contribution in [-0.2, 0) is 14.3 Å². The highest BCUT2D eigenvalue weighted by atomic mass is 19.1. The zero-order chi connectivity index (χ0) is 21.2. The average Bonchev–Trinajstić information content (AvgIpc) is 2.63. The van der Waals surface area contributed by atoms with E-state index in [1.807, 2.05) is 20.8 Å². The smallest absolute Gasteiger partial charge is 0.410 e. The predicted octanol–water partition coefficient (Wildman–Crippen LogP) is 3.12. The lowest BCUT2D eigenvalue weighted by atomic mass is 9.90. The Morgan fingerprint density at radius 3 is 2.45 bits per heavy atom. The summed E-state index contributed by atoms with van der Waals surface area (Å²) < 4.78 is 25.7. The number of hydrogen-bond donors (Lipinski definition) is 1. The van der Waals surface area contributed by atoms with Gasteiger partial charge in [0.1, 0.15) is 11.7 Å². The number of benzene rings is 1. The van der Waals surface area contributed by atoms with Gasteiger partial charge in [0.2, 0.25) is 11.8 Å². The van der Waals surface area contributed by atoms with Crippen molar-refractivity contribution < 1.29 is 28.2 Å². The molecule has 0 aromatic heterocycles. The van der Waals surface area contributed by atoms with Gasteiger partial charge in [-0.1, -0.05) is 6.07 Å². The van der Waals surface area contributed by atoms with E-state index in [9.17, 15) is 18.8 Å². The normalized spacial score (nSPS) is 21.0. The minimum atomic E-state index is -0.544. The number of ether oxygens (including phenoxy) is 2. The molecule has 7 nitrogen and oxygen atoms in total. The molecule has 3 rings (SSSR count). The summed E-state index contributed by atoms with van der Waals surface area (Å²) in [5.41, 5.74) is -0.0164. The number of likely N-dealkylation sites (tertiary alicyclic amines) is 1. The maximum atomic E-state index is 14.5. The standard InChI is InChI=1S/C21H27FN2O5/c1-21(2,3)29-20(27)24-10-8-14(9-11-24)28-17-6-4-13(12-16(17)22)15-5-7-18(25)23-19(15)26/h4,6,12,14-15H,5,7-11H2,1-3H3,(H,23,25,26). The molecule has 0 spiro atoms. The number of nitrogens with zero attached hydrogens (tertiary/aromatic N) is 1. The van der Waals surface area contributed by atoms with Gasteiger partial charge in [-0.05, 0) is 44.9 Å². The molecule has 1 atom stereocenters. The second-order valence-electron chi connectivity index (χ2n) is 8.48. The Kier molecular flexibility index (Phi) is 6.10. The number of amides is 3. The molecule has 1 unspecified atom stereocenters. The molecule has 2 saturated heterocycles. The fourth-order valence-corrected chi connectivity index (χ4v) is 3.50. The van der Waals surface area contributed by atoms with Gasteiger partial charge < -0.3 is 14.4 Å². The van der Waals surface area contributed by atoms with Crippen LogP contribution in [0.25, 0.3) is 0 Å². The highest BCUT2D eigenvalue weighted by Crippen LogP contribution is 2.30. The lowest BCUT2D eigenvalue weighted by molar-refractivity contribution is -0.134. The summed E-state index contributed by atoms with van der Waals surface area (Å²) in [7, 11) is 0. The van der Waals surface area contributed by atoms with Crippen molar-refractivity contribution in [3.05, 3.63) is 29.6 Å². The maximum Gasteiger partial charge on any atom is 0.410 e. The van der Waals surface area contributed by atoms with Crippen molar-refractivity contribution >= 4 is 17.9 Å². The van der Waals surface area contributed by atoms with E-state index < -0.39 is 23.2 Å². The number of hydrogen-bond acceptors (Lipinski definition) is 5. The molecule has 0 bridgehead atoms. The zero-order valence-corrected chi connectivity index (χ0v) is 17.0. The van der Waals surface area contributed by atoms with E-state index in [-0.39, 0.29) is 30.3 Å². The van der Waals surface area contributed by atoms with E-state index in [0.717, 1.165) is 0 Å². The van der Waals surface area contributed by atoms with Gasteiger partial charge in [0.05, 0.1) is 5.92 Å². The predicted molar refractivity (Wildman–Crippen MR) is 103 cm³/mol. The second-order valence-corrected chi connectivity index (χ2v) is 8.48. The molecule has 2 heterocycles. The number of piperidine rings is 2. The van der Waals surface area contributed by atoms with Gasteiger partial charge in [0, 0.05) is 32.4 Å². The lowest BCUT2D eigenvalue weighted by Gasteiger charge is -2.33. The molecule has 158 valence electrons. The summed E-state index contributed by atoms with van der Waals surface area (Å²) in [5, 5.41) is 2.28. The molecule has 2 fully saturated rings. The number of imide groups is 1. The van der Waals surface area contributed by atoms with E-state index in [4.69, 9.17) is 9.47 Å². The third kappa shape index (κ3) is 5.46. The Hall–Kier alpha value is -2.64. The van der Waals surface area contributed by atoms with Crippen molar-refractivity contribution in [3.63, 3.8) is 0 Å². The molecular weight excluding hydrogens is 379 g/mol. The van der Waals surface area contributed by atoms with Gasteiger partial charge >= 0.3 is 6.09 Å². The summed E-state index contributed by atoms with van der Waals surface area (Å²) in [6.45, 7) is 6.43. The highest BCUT2D eigenvalue weighted by molar-refractivity contribution is 6.00. The first kappa shape index (κ1) is 21.1. The van der Waals surface area contributed by atoms with E-state index in [2.05, 4.69) is 5.32 Å². The van der Waals surface area contributed by atoms with Gasteiger partial charge in [0.25, 0.3) is 0 Å². The average molecular weight is 406 g/mol. The Morgan fingerprint density at radius 1 is 1.17 bits per heavy atom. The third-order valence-electron chi connectivity index (χ3n) is 4.98. The Balaban J connectivity index is 1.56. The summed E-state index contributed by atoms with van der Waals surface area (Å²) in [4.78, 5) is 37.0. The van der Waals surface area contributed by atoms with Crippen LogP contribution in [-0.4, -0.2) is 47.6 Å². The molecule has 2 aliphatic rings. The van der Waals surface area contributed by atoms with Crippen molar-refractivity contribution in [3.8, 4) is 5.75 Å². The van der Waals surface area contributed by atoms with Gasteiger partial charge in [0.15, 0.2) is 11.6 Å². The Bertz CT molecular complexity index is 797. The number of rotatable bonds is 3. The summed E-state index contributed by atoms with van der Waals surface area (Å²) in [6, 6.07) is 4.48. The van der Waals surface area contributed by atoms with Crippen LogP contribution in [0, 0.1) is 5.82 Å². The molecule has 2 aliphatic heterocycles. The lowest BCUT2D eigenvalue weighted by Crippen LogP contribution is -2.44. The number of carbonyl (C=O) groups excluding carboxylic acids is 3. The minimum absolute atomic E-state index is 0.122. The first-order valence-corrected chi connectivity index (χ1v) is 9.90. The molecule has 1 aromatic rings. The Morgan fingerprint density at radius 2 is 1.86 bits per heavy atom. The van der Waals surface area contributed by atoms with Crippen LogP contribution in [0.5, 0.6) is 5.75 Å². The van der Waals surface area contributed by atoms with Crippen molar-refractivity contribution in [1.29, 1.82) is 0 Å². The highest BCUT2D eigenvalue weighted by Gasteiger charge is 2.30. The second kappa shape index (κ2) is 8.39. The van der Waals surface area contributed by atoms with Crippen LogP contribution < -0.4 is 10.1 Å². The van der Waals surface area contributed by atoms with Crippen LogP contribution in [0.2, 0.25) is 0 Å². The van der Waals surface area contributed by atoms with Gasteiger partial charge in [-0.15, -0.1) is 0 Å². The molecule has 29 heavy (non-hydrogen) atoms. The zero-order valence-electron chi connectivity index (χ0n) is 17.0. The molecule has 1 aromatic carbocycles. The Labute approximate surface area is 169 Å². The van der Waals surface area contributed by atoms with Gasteiger partial charge in [-0.25, -0.2) is 9.18 Å². The fourth-order valence-electron chi connectivity index (χ4n) is 3.50. The van der Waals surface area contributed by atoms with E-state index in [1.165, 1.54) is 12.1 Å². The molecule has 3 amide bonds. The van der Waals surface area contributed by atoms with Crippen LogP contribution in [0.3, 0.4) is 0 Å². The molecule has 0 aliphatic carbocycles. The summed E-state index contributed by atoms with van der Waals surface area (Å²) >= 11 is 0. The van der Waals surface area contributed by atoms with Crippen LogP contribution >= 0.6 is 0 Å². The quantitative estimate of drug-likeness (QED) is 0.780. The fraction of sp³-hybridized carbons (Fsp3) is 0.571. The van der Waals surface area contributed by atoms with Gasteiger partial charge in [-0.2, -0.15) is 0 Å². The molecular formula is C21H27FN2O5. The third-order valence-corrected chi connectivity index (χ3v) is 4.98.